The first-order valence-corrected chi connectivity index (χ1v) is 15.2. The number of aromatic nitrogens is 2. The molecule has 3 amide bonds. The SMILES string of the molecule is COC(OC)c1nc2c(cc1CN1CCN(C)CC1=O)CCCN2C(=O)Nc1cc(C[C@H](C)CSC)c(C#N)cn1. The van der Waals surface area contributed by atoms with E-state index in [1.807, 2.05) is 22.9 Å². The number of nitrogens with one attached hydrogen (secondary N) is 1. The van der Waals surface area contributed by atoms with Gasteiger partial charge in [-0.3, -0.25) is 19.9 Å². The van der Waals surface area contributed by atoms with Crippen LogP contribution < -0.4 is 10.2 Å². The van der Waals surface area contributed by atoms with Gasteiger partial charge in [0.2, 0.25) is 12.2 Å². The van der Waals surface area contributed by atoms with Crippen molar-refractivity contribution in [2.45, 2.75) is 39.0 Å². The maximum Gasteiger partial charge on any atom is 0.328 e. The van der Waals surface area contributed by atoms with E-state index in [4.69, 9.17) is 14.5 Å². The average Bonchev–Trinajstić information content (AvgIpc) is 2.95. The molecule has 41 heavy (non-hydrogen) atoms. The lowest BCUT2D eigenvalue weighted by Crippen LogP contribution is -2.48. The average molecular weight is 582 g/mol. The summed E-state index contributed by atoms with van der Waals surface area (Å²) >= 11 is 1.77. The number of hydrogen-bond donors (Lipinski definition) is 1. The number of aryl methyl sites for hydroxylation is 1. The van der Waals surface area contributed by atoms with Crippen molar-refractivity contribution in [1.29, 1.82) is 5.26 Å². The van der Waals surface area contributed by atoms with E-state index in [0.29, 0.717) is 55.0 Å². The van der Waals surface area contributed by atoms with E-state index in [-0.39, 0.29) is 11.9 Å². The molecule has 0 unspecified atom stereocenters. The molecule has 0 radical (unpaired) electrons. The molecule has 11 nitrogen and oxygen atoms in total. The topological polar surface area (TPSA) is 124 Å². The number of carbonyl (C=O) groups is 2. The molecule has 2 aliphatic heterocycles. The van der Waals surface area contributed by atoms with Crippen LogP contribution in [0.15, 0.2) is 18.3 Å². The van der Waals surface area contributed by atoms with E-state index < -0.39 is 6.29 Å². The zero-order chi connectivity index (χ0) is 29.5. The number of nitriles is 1. The van der Waals surface area contributed by atoms with Crippen molar-refractivity contribution >= 4 is 35.3 Å². The Balaban J connectivity index is 1.61. The number of carbonyl (C=O) groups excluding carboxylic acids is 2. The van der Waals surface area contributed by atoms with Crippen LogP contribution in [0.5, 0.6) is 0 Å². The number of amides is 3. The Labute approximate surface area is 246 Å². The first kappa shape index (κ1) is 30.7. The minimum Gasteiger partial charge on any atom is -0.350 e. The normalized spacial score (nSPS) is 16.5. The number of ether oxygens (including phenoxy) is 2. The molecule has 0 bridgehead atoms. The zero-order valence-electron chi connectivity index (χ0n) is 24.5. The molecule has 2 aromatic heterocycles. The van der Waals surface area contributed by atoms with Crippen LogP contribution in [0.3, 0.4) is 0 Å². The second-order valence-electron chi connectivity index (χ2n) is 10.7. The summed E-state index contributed by atoms with van der Waals surface area (Å²) in [6.07, 6.45) is 5.07. The second-order valence-corrected chi connectivity index (χ2v) is 11.6. The molecule has 1 N–H and O–H groups in total. The third-order valence-corrected chi connectivity index (χ3v) is 8.31. The lowest BCUT2D eigenvalue weighted by molar-refractivity contribution is -0.136. The molecule has 12 heteroatoms. The number of anilines is 2. The van der Waals surface area contributed by atoms with E-state index in [1.54, 1.807) is 36.9 Å². The lowest BCUT2D eigenvalue weighted by Gasteiger charge is -2.34. The smallest absolute Gasteiger partial charge is 0.328 e. The highest BCUT2D eigenvalue weighted by molar-refractivity contribution is 7.98. The number of likely N-dealkylation sites (N-methyl/N-ethyl adjacent to an activating group) is 1. The fraction of sp³-hybridized carbons (Fsp3) is 0.552. The molecule has 4 rings (SSSR count). The molecule has 220 valence electrons. The van der Waals surface area contributed by atoms with E-state index in [1.165, 1.54) is 6.20 Å². The molecular weight excluding hydrogens is 542 g/mol. The number of fused-ring (bicyclic) bond motifs is 1. The van der Waals surface area contributed by atoms with Crippen molar-refractivity contribution in [3.63, 3.8) is 0 Å². The van der Waals surface area contributed by atoms with Gasteiger partial charge in [0, 0.05) is 46.6 Å². The summed E-state index contributed by atoms with van der Waals surface area (Å²) in [5.74, 6) is 2.35. The summed E-state index contributed by atoms with van der Waals surface area (Å²) in [6.45, 7) is 4.82. The van der Waals surface area contributed by atoms with Gasteiger partial charge in [0.25, 0.3) is 0 Å². The number of hydrogen-bond acceptors (Lipinski definition) is 9. The lowest BCUT2D eigenvalue weighted by atomic mass is 10.00. The van der Waals surface area contributed by atoms with Crippen LogP contribution >= 0.6 is 11.8 Å². The number of rotatable bonds is 10. The van der Waals surface area contributed by atoms with Gasteiger partial charge in [-0.05, 0) is 73.1 Å². The largest absolute Gasteiger partial charge is 0.350 e. The predicted octanol–water partition coefficient (Wildman–Crippen LogP) is 3.44. The van der Waals surface area contributed by atoms with Crippen molar-refractivity contribution in [3.8, 4) is 6.07 Å². The van der Waals surface area contributed by atoms with Crippen LogP contribution in [0, 0.1) is 17.2 Å². The molecule has 0 aromatic carbocycles. The van der Waals surface area contributed by atoms with Gasteiger partial charge < -0.3 is 14.4 Å². The van der Waals surface area contributed by atoms with Crippen LogP contribution in [0.1, 0.15) is 47.6 Å². The Morgan fingerprint density at radius 1 is 1.22 bits per heavy atom. The van der Waals surface area contributed by atoms with E-state index >= 15 is 0 Å². The van der Waals surface area contributed by atoms with E-state index in [9.17, 15) is 14.9 Å². The van der Waals surface area contributed by atoms with Gasteiger partial charge in [0.15, 0.2) is 0 Å². The molecule has 2 aliphatic rings. The Kier molecular flexibility index (Phi) is 10.6. The van der Waals surface area contributed by atoms with Gasteiger partial charge in [0.1, 0.15) is 23.4 Å². The van der Waals surface area contributed by atoms with Gasteiger partial charge in [-0.1, -0.05) is 6.92 Å². The highest BCUT2D eigenvalue weighted by atomic mass is 32.2. The molecular formula is C29H39N7O4S. The van der Waals surface area contributed by atoms with Crippen LogP contribution in [0.25, 0.3) is 0 Å². The quantitative estimate of drug-likeness (QED) is 0.420. The minimum absolute atomic E-state index is 0.0620. The van der Waals surface area contributed by atoms with Gasteiger partial charge in [-0.15, -0.1) is 0 Å². The summed E-state index contributed by atoms with van der Waals surface area (Å²) in [4.78, 5) is 41.0. The molecule has 2 aromatic rings. The van der Waals surface area contributed by atoms with Gasteiger partial charge >= 0.3 is 6.03 Å². The summed E-state index contributed by atoms with van der Waals surface area (Å²) in [5.41, 5.74) is 3.70. The maximum atomic E-state index is 13.6. The van der Waals surface area contributed by atoms with Crippen molar-refractivity contribution in [3.05, 3.63) is 46.3 Å². The summed E-state index contributed by atoms with van der Waals surface area (Å²) in [7, 11) is 5.02. The first-order valence-electron chi connectivity index (χ1n) is 13.8. The van der Waals surface area contributed by atoms with Crippen molar-refractivity contribution in [2.75, 3.05) is 69.7 Å². The fourth-order valence-electron chi connectivity index (χ4n) is 5.34. The molecule has 1 atom stereocenters. The highest BCUT2D eigenvalue weighted by Crippen LogP contribution is 2.32. The third-order valence-electron chi connectivity index (χ3n) is 7.41. The van der Waals surface area contributed by atoms with Gasteiger partial charge in [0.05, 0.1) is 12.1 Å². The monoisotopic (exact) mass is 581 g/mol. The number of thioether (sulfide) groups is 1. The van der Waals surface area contributed by atoms with E-state index in [2.05, 4.69) is 29.5 Å². The number of urea groups is 1. The standard InChI is InChI=1S/C29H39N7O4S/c1-19(18-41-5)11-21-13-24(31-15-23(21)14-30)32-29(38)36-8-6-7-20-12-22(16-35-10-9-34(2)17-25(35)37)26(33-27(20)36)28(39-3)40-4/h12-13,15,19,28H,6-11,16-18H2,1-5H3,(H,31,32,38)/t19-/m0/s1. The summed E-state index contributed by atoms with van der Waals surface area (Å²) in [5, 5.41) is 12.5. The highest BCUT2D eigenvalue weighted by Gasteiger charge is 2.30. The number of nitrogens with zero attached hydrogens (tertiary/aromatic N) is 6. The molecule has 0 aliphatic carbocycles. The predicted molar refractivity (Wildman–Crippen MR) is 159 cm³/mol. The van der Waals surface area contributed by atoms with E-state index in [0.717, 1.165) is 48.3 Å². The molecule has 1 fully saturated rings. The second kappa shape index (κ2) is 14.1. The van der Waals surface area contributed by atoms with Crippen LogP contribution in [0.2, 0.25) is 0 Å². The van der Waals surface area contributed by atoms with Crippen LogP contribution in [-0.2, 0) is 33.7 Å². The molecule has 1 saturated heterocycles. The fourth-order valence-corrected chi connectivity index (χ4v) is 6.02. The minimum atomic E-state index is -0.754. The maximum absolute atomic E-state index is 13.6. The molecule has 0 spiro atoms. The Morgan fingerprint density at radius 3 is 2.68 bits per heavy atom. The van der Waals surface area contributed by atoms with Crippen molar-refractivity contribution in [1.82, 2.24) is 19.8 Å². The summed E-state index contributed by atoms with van der Waals surface area (Å²) < 4.78 is 11.1. The Bertz CT molecular complexity index is 1300. The summed E-state index contributed by atoms with van der Waals surface area (Å²) in [6, 6.07) is 5.68. The first-order chi connectivity index (χ1) is 19.8. The molecule has 0 saturated carbocycles. The molecule has 4 heterocycles. The number of piperazine rings is 1. The Hall–Kier alpha value is -3.24. The Morgan fingerprint density at radius 2 is 2.00 bits per heavy atom. The van der Waals surface area contributed by atoms with Crippen LogP contribution in [-0.4, -0.2) is 91.2 Å². The van der Waals surface area contributed by atoms with Gasteiger partial charge in [-0.25, -0.2) is 14.8 Å². The van der Waals surface area contributed by atoms with Crippen molar-refractivity contribution in [2.24, 2.45) is 5.92 Å². The third kappa shape index (κ3) is 7.35. The van der Waals surface area contributed by atoms with Crippen molar-refractivity contribution < 1.29 is 19.1 Å². The number of pyridine rings is 2. The zero-order valence-corrected chi connectivity index (χ0v) is 25.3. The number of methoxy groups -OCH3 is 2. The van der Waals surface area contributed by atoms with Crippen LogP contribution in [0.4, 0.5) is 16.4 Å². The van der Waals surface area contributed by atoms with Gasteiger partial charge in [-0.2, -0.15) is 17.0 Å².